The number of ether oxygens (including phenoxy) is 4. The average molecular weight is 465 g/mol. The van der Waals surface area contributed by atoms with Gasteiger partial charge in [-0.15, -0.1) is 0 Å². The number of carbonyl (C=O) groups excluding carboxylic acids is 2. The minimum absolute atomic E-state index is 0.207. The Hall–Kier alpha value is -1.30. The SMILES string of the molecule is CCCCCCCC(=O)OC[C@H](CO[C@@H]1O[C@H](CO)[C@H](O)[C@H](O)[C@H]1O)OC(=O)CCCC. The second kappa shape index (κ2) is 16.3. The first kappa shape index (κ1) is 28.7. The highest BCUT2D eigenvalue weighted by Crippen LogP contribution is 2.22. The van der Waals surface area contributed by atoms with Crippen molar-refractivity contribution in [3.05, 3.63) is 0 Å². The molecule has 6 atom stereocenters. The van der Waals surface area contributed by atoms with E-state index in [0.29, 0.717) is 6.42 Å². The van der Waals surface area contributed by atoms with Crippen molar-refractivity contribution in [2.75, 3.05) is 19.8 Å². The summed E-state index contributed by atoms with van der Waals surface area (Å²) in [7, 11) is 0. The topological polar surface area (TPSA) is 152 Å². The highest BCUT2D eigenvalue weighted by Gasteiger charge is 2.44. The lowest BCUT2D eigenvalue weighted by Gasteiger charge is -2.39. The molecule has 1 aliphatic rings. The van der Waals surface area contributed by atoms with E-state index in [1.54, 1.807) is 0 Å². The number of esters is 2. The first-order chi connectivity index (χ1) is 15.3. The van der Waals surface area contributed by atoms with Gasteiger partial charge in [0.25, 0.3) is 0 Å². The highest BCUT2D eigenvalue weighted by atomic mass is 16.7. The smallest absolute Gasteiger partial charge is 0.306 e. The lowest BCUT2D eigenvalue weighted by atomic mass is 9.99. The zero-order valence-electron chi connectivity index (χ0n) is 19.2. The van der Waals surface area contributed by atoms with Gasteiger partial charge in [0.05, 0.1) is 13.2 Å². The molecule has 1 heterocycles. The zero-order valence-corrected chi connectivity index (χ0v) is 19.2. The lowest BCUT2D eigenvalue weighted by molar-refractivity contribution is -0.305. The van der Waals surface area contributed by atoms with Crippen LogP contribution in [0.4, 0.5) is 0 Å². The maximum atomic E-state index is 12.0. The number of hydrogen-bond donors (Lipinski definition) is 4. The van der Waals surface area contributed by atoms with Crippen LogP contribution in [0, 0.1) is 0 Å². The first-order valence-electron chi connectivity index (χ1n) is 11.6. The third-order valence-electron chi connectivity index (χ3n) is 5.24. The van der Waals surface area contributed by atoms with E-state index in [4.69, 9.17) is 18.9 Å². The molecule has 1 fully saturated rings. The molecule has 0 spiro atoms. The normalized spacial score (nSPS) is 26.5. The van der Waals surface area contributed by atoms with Gasteiger partial charge >= 0.3 is 11.9 Å². The molecule has 10 nitrogen and oxygen atoms in total. The van der Waals surface area contributed by atoms with Gasteiger partial charge in [0, 0.05) is 12.8 Å². The summed E-state index contributed by atoms with van der Waals surface area (Å²) in [6, 6.07) is 0. The molecule has 0 bridgehead atoms. The summed E-state index contributed by atoms with van der Waals surface area (Å²) in [4.78, 5) is 24.0. The van der Waals surface area contributed by atoms with Crippen molar-refractivity contribution in [1.82, 2.24) is 0 Å². The summed E-state index contributed by atoms with van der Waals surface area (Å²) >= 11 is 0. The van der Waals surface area contributed by atoms with E-state index in [9.17, 15) is 30.0 Å². The number of unbranched alkanes of at least 4 members (excludes halogenated alkanes) is 5. The van der Waals surface area contributed by atoms with Crippen LogP contribution < -0.4 is 0 Å². The molecule has 4 N–H and O–H groups in total. The Morgan fingerprint density at radius 2 is 1.50 bits per heavy atom. The molecule has 0 radical (unpaired) electrons. The van der Waals surface area contributed by atoms with E-state index in [1.807, 2.05) is 6.92 Å². The van der Waals surface area contributed by atoms with Crippen LogP contribution in [0.15, 0.2) is 0 Å². The van der Waals surface area contributed by atoms with Gasteiger partial charge < -0.3 is 39.4 Å². The third kappa shape index (κ3) is 10.5. The second-order valence-electron chi connectivity index (χ2n) is 8.09. The average Bonchev–Trinajstić information content (AvgIpc) is 2.78. The molecule has 0 aromatic carbocycles. The number of rotatable bonds is 16. The molecule has 0 saturated carbocycles. The van der Waals surface area contributed by atoms with Crippen LogP contribution in [0.3, 0.4) is 0 Å². The van der Waals surface area contributed by atoms with E-state index in [0.717, 1.165) is 38.5 Å². The van der Waals surface area contributed by atoms with E-state index < -0.39 is 55.4 Å². The van der Waals surface area contributed by atoms with Gasteiger partial charge in [0.2, 0.25) is 0 Å². The van der Waals surface area contributed by atoms with Gasteiger partial charge in [-0.1, -0.05) is 46.0 Å². The van der Waals surface area contributed by atoms with Crippen LogP contribution in [-0.4, -0.2) is 89.0 Å². The minimum atomic E-state index is -1.58. The van der Waals surface area contributed by atoms with E-state index in [2.05, 4.69) is 6.92 Å². The molecular formula is C22H40O10. The molecule has 0 amide bonds. The van der Waals surface area contributed by atoms with Crippen molar-refractivity contribution in [3.63, 3.8) is 0 Å². The summed E-state index contributed by atoms with van der Waals surface area (Å²) < 4.78 is 21.3. The lowest BCUT2D eigenvalue weighted by Crippen LogP contribution is -2.59. The zero-order chi connectivity index (χ0) is 23.9. The Balaban J connectivity index is 2.57. The maximum absolute atomic E-state index is 12.0. The molecule has 1 aliphatic heterocycles. The molecule has 0 unspecified atom stereocenters. The number of carbonyl (C=O) groups is 2. The van der Waals surface area contributed by atoms with Crippen LogP contribution in [0.2, 0.25) is 0 Å². The van der Waals surface area contributed by atoms with Crippen molar-refractivity contribution in [3.8, 4) is 0 Å². The van der Waals surface area contributed by atoms with Crippen molar-refractivity contribution < 1.29 is 49.0 Å². The van der Waals surface area contributed by atoms with Gasteiger partial charge in [0.15, 0.2) is 12.4 Å². The maximum Gasteiger partial charge on any atom is 0.306 e. The molecule has 10 heteroatoms. The van der Waals surface area contributed by atoms with E-state index >= 15 is 0 Å². The van der Waals surface area contributed by atoms with Crippen molar-refractivity contribution in [2.24, 2.45) is 0 Å². The van der Waals surface area contributed by atoms with Crippen LogP contribution in [0.5, 0.6) is 0 Å². The molecule has 1 rings (SSSR count). The summed E-state index contributed by atoms with van der Waals surface area (Å²) in [5, 5.41) is 39.0. The predicted octanol–water partition coefficient (Wildman–Crippen LogP) is 0.809. The molecule has 188 valence electrons. The van der Waals surface area contributed by atoms with Gasteiger partial charge in [0.1, 0.15) is 31.0 Å². The number of hydrogen-bond acceptors (Lipinski definition) is 10. The fourth-order valence-corrected chi connectivity index (χ4v) is 3.22. The van der Waals surface area contributed by atoms with Crippen LogP contribution in [-0.2, 0) is 28.5 Å². The Morgan fingerprint density at radius 3 is 2.16 bits per heavy atom. The van der Waals surface area contributed by atoms with Crippen molar-refractivity contribution in [2.45, 2.75) is 108 Å². The fourth-order valence-electron chi connectivity index (χ4n) is 3.22. The van der Waals surface area contributed by atoms with Gasteiger partial charge in [-0.2, -0.15) is 0 Å². The third-order valence-corrected chi connectivity index (χ3v) is 5.24. The van der Waals surface area contributed by atoms with Crippen LogP contribution >= 0.6 is 0 Å². The second-order valence-corrected chi connectivity index (χ2v) is 8.09. The van der Waals surface area contributed by atoms with Gasteiger partial charge in [-0.05, 0) is 12.8 Å². The number of aliphatic hydroxyl groups excluding tert-OH is 4. The Labute approximate surface area is 189 Å². The van der Waals surface area contributed by atoms with Crippen LogP contribution in [0.1, 0.15) is 71.6 Å². The summed E-state index contributed by atoms with van der Waals surface area (Å²) in [6.45, 7) is 2.97. The predicted molar refractivity (Wildman–Crippen MR) is 113 cm³/mol. The fraction of sp³-hybridized carbons (Fsp3) is 0.909. The monoisotopic (exact) mass is 464 g/mol. The van der Waals surface area contributed by atoms with Crippen molar-refractivity contribution in [1.29, 1.82) is 0 Å². The summed E-state index contributed by atoms with van der Waals surface area (Å²) in [6.07, 6.45) is -1.16. The standard InChI is InChI=1S/C22H40O10/c1-3-5-7-8-9-11-17(24)29-13-15(31-18(25)10-6-4-2)14-30-22-21(28)20(27)19(26)16(12-23)32-22/h15-16,19-23,26-28H,3-14H2,1-2H3/t15-,16-,19+,20+,21-,22-/m1/s1. The first-order valence-corrected chi connectivity index (χ1v) is 11.6. The molecule has 1 saturated heterocycles. The summed E-state index contributed by atoms with van der Waals surface area (Å²) in [5.41, 5.74) is 0. The van der Waals surface area contributed by atoms with Gasteiger partial charge in [-0.3, -0.25) is 9.59 Å². The minimum Gasteiger partial charge on any atom is -0.462 e. The summed E-state index contributed by atoms with van der Waals surface area (Å²) in [5.74, 6) is -0.867. The van der Waals surface area contributed by atoms with Crippen molar-refractivity contribution >= 4 is 11.9 Å². The largest absolute Gasteiger partial charge is 0.462 e. The van der Waals surface area contributed by atoms with Gasteiger partial charge in [-0.25, -0.2) is 0 Å². The molecular weight excluding hydrogens is 424 g/mol. The van der Waals surface area contributed by atoms with E-state index in [1.165, 1.54) is 0 Å². The highest BCUT2D eigenvalue weighted by molar-refractivity contribution is 5.70. The number of aliphatic hydroxyl groups is 4. The molecule has 0 aromatic heterocycles. The quantitative estimate of drug-likeness (QED) is 0.191. The Kier molecular flexibility index (Phi) is 14.7. The Bertz CT molecular complexity index is 527. The van der Waals surface area contributed by atoms with E-state index in [-0.39, 0.29) is 26.1 Å². The molecule has 0 aromatic rings. The molecule has 32 heavy (non-hydrogen) atoms. The Morgan fingerprint density at radius 1 is 0.844 bits per heavy atom. The molecule has 0 aliphatic carbocycles. The van der Waals surface area contributed by atoms with Crippen LogP contribution in [0.25, 0.3) is 0 Å².